The Balaban J connectivity index is 1.62. The summed E-state index contributed by atoms with van der Waals surface area (Å²) in [5, 5.41) is 14.2. The van der Waals surface area contributed by atoms with Gasteiger partial charge in [-0.1, -0.05) is 62.4 Å². The fraction of sp³-hybridized carbons (Fsp3) is 0.333. The molecule has 0 saturated heterocycles. The van der Waals surface area contributed by atoms with Crippen molar-refractivity contribution >= 4 is 33.2 Å². The number of aromatic nitrogens is 3. The molecular formula is C33H41N7O5S. The fourth-order valence-electron chi connectivity index (χ4n) is 4.84. The number of carbonyl (C=O) groups excluding carboxylic acids is 2. The van der Waals surface area contributed by atoms with Crippen molar-refractivity contribution in [2.75, 3.05) is 44.0 Å². The number of hydrogen-bond donors (Lipinski definition) is 3. The zero-order valence-electron chi connectivity index (χ0n) is 27.4. The molecule has 244 valence electrons. The highest BCUT2D eigenvalue weighted by Crippen LogP contribution is 2.39. The molecule has 4 rings (SSSR count). The van der Waals surface area contributed by atoms with Crippen LogP contribution < -0.4 is 20.1 Å². The SMILES string of the molecule is COc1c(NC(=O)c2ccc(C)c(-n3cc(C(=O)N[C@H](CN(C)C)c4ccccc4)nn3)c2)cc(C(C)(C)C)cc1NS(C)(=O)=O. The van der Waals surface area contributed by atoms with E-state index in [1.807, 2.05) is 77.0 Å². The van der Waals surface area contributed by atoms with Gasteiger partial charge < -0.3 is 20.3 Å². The maximum absolute atomic E-state index is 13.6. The van der Waals surface area contributed by atoms with Crippen molar-refractivity contribution in [2.45, 2.75) is 39.2 Å². The summed E-state index contributed by atoms with van der Waals surface area (Å²) in [6.45, 7) is 8.39. The molecule has 0 unspecified atom stereocenters. The minimum Gasteiger partial charge on any atom is -0.492 e. The summed E-state index contributed by atoms with van der Waals surface area (Å²) in [4.78, 5) is 28.8. The van der Waals surface area contributed by atoms with Gasteiger partial charge in [-0.2, -0.15) is 0 Å². The maximum Gasteiger partial charge on any atom is 0.274 e. The summed E-state index contributed by atoms with van der Waals surface area (Å²) in [6, 6.07) is 18.0. The van der Waals surface area contributed by atoms with Crippen molar-refractivity contribution < 1.29 is 22.7 Å². The van der Waals surface area contributed by atoms with Crippen molar-refractivity contribution in [1.82, 2.24) is 25.2 Å². The highest BCUT2D eigenvalue weighted by molar-refractivity contribution is 7.92. The number of anilines is 2. The van der Waals surface area contributed by atoms with E-state index >= 15 is 0 Å². The second kappa shape index (κ2) is 13.7. The van der Waals surface area contributed by atoms with Gasteiger partial charge in [0.25, 0.3) is 11.8 Å². The first kappa shape index (κ1) is 34.1. The molecule has 3 aromatic carbocycles. The molecule has 0 fully saturated rings. The third-order valence-electron chi connectivity index (χ3n) is 7.20. The molecule has 1 atom stereocenters. The second-order valence-corrected chi connectivity index (χ2v) is 14.2. The van der Waals surface area contributed by atoms with Crippen molar-refractivity contribution in [3.8, 4) is 11.4 Å². The van der Waals surface area contributed by atoms with E-state index in [0.29, 0.717) is 23.5 Å². The molecule has 4 aromatic rings. The summed E-state index contributed by atoms with van der Waals surface area (Å²) in [5.74, 6) is -0.657. The van der Waals surface area contributed by atoms with Crippen LogP contribution in [0.3, 0.4) is 0 Å². The number of likely N-dealkylation sites (N-methyl/N-ethyl adjacent to an activating group) is 1. The van der Waals surface area contributed by atoms with Crippen LogP contribution in [0.15, 0.2) is 66.9 Å². The lowest BCUT2D eigenvalue weighted by molar-refractivity contribution is 0.0924. The number of methoxy groups -OCH3 is 1. The molecule has 0 saturated carbocycles. The normalized spacial score (nSPS) is 12.5. The average Bonchev–Trinajstić information content (AvgIpc) is 3.46. The Labute approximate surface area is 270 Å². The number of sulfonamides is 1. The van der Waals surface area contributed by atoms with E-state index in [1.54, 1.807) is 30.3 Å². The van der Waals surface area contributed by atoms with E-state index in [9.17, 15) is 18.0 Å². The van der Waals surface area contributed by atoms with Crippen molar-refractivity contribution in [2.24, 2.45) is 0 Å². The summed E-state index contributed by atoms with van der Waals surface area (Å²) in [6.07, 6.45) is 2.57. The van der Waals surface area contributed by atoms with Crippen LogP contribution in [0, 0.1) is 6.92 Å². The van der Waals surface area contributed by atoms with Gasteiger partial charge in [0.1, 0.15) is 0 Å². The smallest absolute Gasteiger partial charge is 0.274 e. The first-order chi connectivity index (χ1) is 21.6. The molecule has 3 N–H and O–H groups in total. The number of hydrogen-bond acceptors (Lipinski definition) is 8. The van der Waals surface area contributed by atoms with Crippen LogP contribution in [0.25, 0.3) is 5.69 Å². The molecule has 13 heteroatoms. The van der Waals surface area contributed by atoms with Gasteiger partial charge in [0.05, 0.1) is 42.7 Å². The van der Waals surface area contributed by atoms with Crippen molar-refractivity contribution in [3.05, 3.63) is 94.8 Å². The lowest BCUT2D eigenvalue weighted by atomic mass is 9.86. The van der Waals surface area contributed by atoms with E-state index in [0.717, 1.165) is 22.9 Å². The molecule has 0 aliphatic rings. The predicted molar refractivity (Wildman–Crippen MR) is 179 cm³/mol. The first-order valence-electron chi connectivity index (χ1n) is 14.6. The number of benzene rings is 3. The van der Waals surface area contributed by atoms with Crippen LogP contribution in [0.2, 0.25) is 0 Å². The molecule has 0 bridgehead atoms. The summed E-state index contributed by atoms with van der Waals surface area (Å²) >= 11 is 0. The molecule has 46 heavy (non-hydrogen) atoms. The number of amides is 2. The first-order valence-corrected chi connectivity index (χ1v) is 16.5. The number of ether oxygens (including phenoxy) is 1. The largest absolute Gasteiger partial charge is 0.492 e. The van der Waals surface area contributed by atoms with Crippen LogP contribution in [0.5, 0.6) is 5.75 Å². The minimum absolute atomic E-state index is 0.128. The van der Waals surface area contributed by atoms with Crippen LogP contribution in [0.4, 0.5) is 11.4 Å². The molecular weight excluding hydrogens is 606 g/mol. The molecule has 1 heterocycles. The topological polar surface area (TPSA) is 148 Å². The van der Waals surface area contributed by atoms with E-state index in [2.05, 4.69) is 25.7 Å². The Kier molecular flexibility index (Phi) is 10.2. The summed E-state index contributed by atoms with van der Waals surface area (Å²) in [5.41, 5.74) is 3.70. The summed E-state index contributed by atoms with van der Waals surface area (Å²) < 4.78 is 33.7. The zero-order chi connectivity index (χ0) is 33.8. The van der Waals surface area contributed by atoms with Gasteiger partial charge in [-0.25, -0.2) is 13.1 Å². The number of rotatable bonds is 11. The van der Waals surface area contributed by atoms with Crippen LogP contribution >= 0.6 is 0 Å². The molecule has 2 amide bonds. The van der Waals surface area contributed by atoms with Gasteiger partial charge in [0.2, 0.25) is 10.0 Å². The van der Waals surface area contributed by atoms with Gasteiger partial charge in [0, 0.05) is 12.1 Å². The highest BCUT2D eigenvalue weighted by atomic mass is 32.2. The highest BCUT2D eigenvalue weighted by Gasteiger charge is 2.23. The molecule has 0 aliphatic carbocycles. The van der Waals surface area contributed by atoms with Gasteiger partial charge in [-0.15, -0.1) is 5.10 Å². The Hall–Kier alpha value is -4.75. The number of nitrogens with one attached hydrogen (secondary N) is 3. The summed E-state index contributed by atoms with van der Waals surface area (Å²) in [7, 11) is 1.65. The third-order valence-corrected chi connectivity index (χ3v) is 7.79. The van der Waals surface area contributed by atoms with E-state index in [-0.39, 0.29) is 34.5 Å². The molecule has 0 radical (unpaired) electrons. The number of aryl methyl sites for hydroxylation is 1. The van der Waals surface area contributed by atoms with Crippen LogP contribution in [-0.4, -0.2) is 74.1 Å². The minimum atomic E-state index is -3.63. The molecule has 1 aromatic heterocycles. The predicted octanol–water partition coefficient (Wildman–Crippen LogP) is 4.54. The Morgan fingerprint density at radius 2 is 1.67 bits per heavy atom. The zero-order valence-corrected chi connectivity index (χ0v) is 28.2. The van der Waals surface area contributed by atoms with Crippen molar-refractivity contribution in [1.29, 1.82) is 0 Å². The molecule has 12 nitrogen and oxygen atoms in total. The lowest BCUT2D eigenvalue weighted by Gasteiger charge is -2.24. The molecule has 0 spiro atoms. The van der Waals surface area contributed by atoms with E-state index in [1.165, 1.54) is 18.0 Å². The van der Waals surface area contributed by atoms with E-state index in [4.69, 9.17) is 4.74 Å². The lowest BCUT2D eigenvalue weighted by Crippen LogP contribution is -2.35. The Morgan fingerprint density at radius 3 is 2.28 bits per heavy atom. The monoisotopic (exact) mass is 647 g/mol. The van der Waals surface area contributed by atoms with Crippen molar-refractivity contribution in [3.63, 3.8) is 0 Å². The second-order valence-electron chi connectivity index (χ2n) is 12.4. The maximum atomic E-state index is 13.6. The van der Waals surface area contributed by atoms with Gasteiger partial charge in [-0.05, 0) is 67.4 Å². The number of carbonyl (C=O) groups is 2. The average molecular weight is 648 g/mol. The van der Waals surface area contributed by atoms with Gasteiger partial charge >= 0.3 is 0 Å². The van der Waals surface area contributed by atoms with Gasteiger partial charge in [0.15, 0.2) is 11.4 Å². The third kappa shape index (κ3) is 8.49. The number of nitrogens with zero attached hydrogens (tertiary/aromatic N) is 4. The van der Waals surface area contributed by atoms with Gasteiger partial charge in [-0.3, -0.25) is 14.3 Å². The van der Waals surface area contributed by atoms with Crippen LogP contribution in [-0.2, 0) is 15.4 Å². The Bertz CT molecular complexity index is 1830. The quantitative estimate of drug-likeness (QED) is 0.215. The fourth-order valence-corrected chi connectivity index (χ4v) is 5.40. The standard InChI is InChI=1S/C33H41N7O5S/c1-21-14-15-23(31(41)34-25-17-24(33(2,3)4)18-26(30(25)45-7)37-46(8,43)44)16-29(21)40-20-28(36-38-40)32(42)35-27(19-39(5)6)22-12-10-9-11-13-22/h9-18,20,27,37H,19H2,1-8H3,(H,34,41)(H,35,42)/t27-/m1/s1. The van der Waals surface area contributed by atoms with E-state index < -0.39 is 15.9 Å². The molecule has 0 aliphatic heterocycles. The van der Waals surface area contributed by atoms with Crippen LogP contribution in [0.1, 0.15) is 64.3 Å². The Morgan fingerprint density at radius 1 is 1.00 bits per heavy atom.